The Balaban J connectivity index is 1.45. The second-order valence-corrected chi connectivity index (χ2v) is 12.6. The van der Waals surface area contributed by atoms with Gasteiger partial charge in [-0.05, 0) is 112 Å². The van der Waals surface area contributed by atoms with Crippen molar-refractivity contribution in [3.05, 3.63) is 145 Å². The molecule has 9 aromatic carbocycles. The van der Waals surface area contributed by atoms with Crippen molar-refractivity contribution in [1.29, 1.82) is 0 Å². The van der Waals surface area contributed by atoms with Gasteiger partial charge >= 0.3 is 0 Å². The molecule has 44 heavy (non-hydrogen) atoms. The standard InChI is InChI=1S/C44H28/c1-25-13-17-28(18-14-25)39-32-9-3-4-10-33(32)40(29-19-15-26(2)16-20-29)44-37-24-22-35-31-12-6-8-27-7-5-11-30(38(27)31)34-21-23-36(43(39)44)42(37)41(34)35/h3-24H,1-2H3. The summed E-state index contributed by atoms with van der Waals surface area (Å²) >= 11 is 0. The van der Waals surface area contributed by atoms with E-state index in [1.165, 1.54) is 109 Å². The van der Waals surface area contributed by atoms with E-state index in [9.17, 15) is 0 Å². The molecule has 0 aliphatic heterocycles. The third kappa shape index (κ3) is 3.02. The van der Waals surface area contributed by atoms with Crippen molar-refractivity contribution in [2.45, 2.75) is 13.8 Å². The van der Waals surface area contributed by atoms with Crippen molar-refractivity contribution in [2.24, 2.45) is 0 Å². The number of hydrogen-bond donors (Lipinski definition) is 0. The van der Waals surface area contributed by atoms with Crippen LogP contribution in [0.15, 0.2) is 133 Å². The predicted octanol–water partition coefficient (Wildman–Crippen LogP) is 12.5. The molecule has 0 atom stereocenters. The van der Waals surface area contributed by atoms with E-state index in [4.69, 9.17) is 0 Å². The van der Waals surface area contributed by atoms with Crippen molar-refractivity contribution in [2.75, 3.05) is 0 Å². The van der Waals surface area contributed by atoms with Gasteiger partial charge < -0.3 is 0 Å². The van der Waals surface area contributed by atoms with Gasteiger partial charge in [-0.2, -0.15) is 0 Å². The van der Waals surface area contributed by atoms with Crippen LogP contribution in [-0.2, 0) is 0 Å². The summed E-state index contributed by atoms with van der Waals surface area (Å²) in [6.07, 6.45) is 0. The quantitative estimate of drug-likeness (QED) is 0.147. The van der Waals surface area contributed by atoms with Gasteiger partial charge in [0.1, 0.15) is 0 Å². The lowest BCUT2D eigenvalue weighted by atomic mass is 9.82. The smallest absolute Gasteiger partial charge is 0.000740 e. The van der Waals surface area contributed by atoms with Gasteiger partial charge in [-0.25, -0.2) is 0 Å². The minimum Gasteiger partial charge on any atom is -0.0616 e. The molecule has 1 aliphatic carbocycles. The Kier molecular flexibility index (Phi) is 4.67. The van der Waals surface area contributed by atoms with E-state index in [-0.39, 0.29) is 0 Å². The maximum Gasteiger partial charge on any atom is -0.000740 e. The summed E-state index contributed by atoms with van der Waals surface area (Å²) in [6, 6.07) is 50.4. The molecule has 0 nitrogen and oxygen atoms in total. The molecule has 0 spiro atoms. The van der Waals surface area contributed by atoms with Gasteiger partial charge in [0, 0.05) is 0 Å². The summed E-state index contributed by atoms with van der Waals surface area (Å²) in [7, 11) is 0. The highest BCUT2D eigenvalue weighted by Crippen LogP contribution is 2.59. The molecule has 0 heteroatoms. The summed E-state index contributed by atoms with van der Waals surface area (Å²) in [5, 5.41) is 13.4. The molecule has 0 aromatic heterocycles. The fourth-order valence-corrected chi connectivity index (χ4v) is 8.17. The molecule has 1 aliphatic rings. The van der Waals surface area contributed by atoms with E-state index < -0.39 is 0 Å². The monoisotopic (exact) mass is 556 g/mol. The highest BCUT2D eigenvalue weighted by atomic mass is 14.3. The summed E-state index contributed by atoms with van der Waals surface area (Å²) in [6.45, 7) is 4.34. The van der Waals surface area contributed by atoms with E-state index >= 15 is 0 Å². The molecule has 0 bridgehead atoms. The van der Waals surface area contributed by atoms with Crippen LogP contribution < -0.4 is 0 Å². The van der Waals surface area contributed by atoms with Crippen LogP contribution in [0.3, 0.4) is 0 Å². The van der Waals surface area contributed by atoms with E-state index in [0.29, 0.717) is 0 Å². The Labute approximate surface area is 256 Å². The SMILES string of the molecule is Cc1ccc(-c2c3c(c(-c4ccc(C)cc4)c4ccccc24)-c2ccc4c5cccc6cccc(c7ccc-3c2c74)c65)cc1. The predicted molar refractivity (Wildman–Crippen MR) is 190 cm³/mol. The number of hydrogen-bond acceptors (Lipinski definition) is 0. The van der Waals surface area contributed by atoms with Crippen LogP contribution in [0.2, 0.25) is 0 Å². The largest absolute Gasteiger partial charge is 0.0616 e. The van der Waals surface area contributed by atoms with E-state index in [0.717, 1.165) is 0 Å². The second-order valence-electron chi connectivity index (χ2n) is 12.6. The minimum absolute atomic E-state index is 1.27. The zero-order valence-corrected chi connectivity index (χ0v) is 24.7. The van der Waals surface area contributed by atoms with Crippen molar-refractivity contribution < 1.29 is 0 Å². The van der Waals surface area contributed by atoms with Crippen LogP contribution in [-0.4, -0.2) is 0 Å². The van der Waals surface area contributed by atoms with Gasteiger partial charge in [-0.3, -0.25) is 0 Å². The molecular weight excluding hydrogens is 528 g/mol. The summed E-state index contributed by atoms with van der Waals surface area (Å²) in [4.78, 5) is 0. The first kappa shape index (κ1) is 24.0. The molecule has 0 unspecified atom stereocenters. The average Bonchev–Trinajstić information content (AvgIpc) is 3.40. The van der Waals surface area contributed by atoms with Gasteiger partial charge in [0.15, 0.2) is 0 Å². The Hall–Kier alpha value is -5.46. The van der Waals surface area contributed by atoms with E-state index in [2.05, 4.69) is 147 Å². The zero-order valence-electron chi connectivity index (χ0n) is 24.7. The van der Waals surface area contributed by atoms with Gasteiger partial charge in [0.05, 0.1) is 0 Å². The van der Waals surface area contributed by atoms with Crippen molar-refractivity contribution in [3.63, 3.8) is 0 Å². The molecule has 0 fully saturated rings. The normalized spacial score (nSPS) is 12.3. The number of benzene rings is 9. The van der Waals surface area contributed by atoms with Crippen LogP contribution in [0.5, 0.6) is 0 Å². The Bertz CT molecular complexity index is 2460. The van der Waals surface area contributed by atoms with E-state index in [1.54, 1.807) is 0 Å². The van der Waals surface area contributed by atoms with Gasteiger partial charge in [0.2, 0.25) is 0 Å². The maximum atomic E-state index is 2.41. The number of aryl methyl sites for hydroxylation is 2. The Morgan fingerprint density at radius 2 is 0.727 bits per heavy atom. The summed E-state index contributed by atoms with van der Waals surface area (Å²) < 4.78 is 0. The van der Waals surface area contributed by atoms with Crippen LogP contribution in [0.25, 0.3) is 98.4 Å². The number of fused-ring (bicyclic) bond motifs is 6. The lowest BCUT2D eigenvalue weighted by Crippen LogP contribution is -1.93. The van der Waals surface area contributed by atoms with Crippen LogP contribution in [0, 0.1) is 13.8 Å². The first-order valence-electron chi connectivity index (χ1n) is 15.5. The molecule has 204 valence electrons. The molecule has 9 aromatic rings. The van der Waals surface area contributed by atoms with E-state index in [1.807, 2.05) is 0 Å². The lowest BCUT2D eigenvalue weighted by Gasteiger charge is -2.20. The van der Waals surface area contributed by atoms with Gasteiger partial charge in [0.25, 0.3) is 0 Å². The molecule has 10 rings (SSSR count). The first-order chi connectivity index (χ1) is 21.7. The highest BCUT2D eigenvalue weighted by Gasteiger charge is 2.32. The third-order valence-corrected chi connectivity index (χ3v) is 10.1. The molecule has 0 saturated heterocycles. The molecule has 0 amide bonds. The minimum atomic E-state index is 1.27. The first-order valence-corrected chi connectivity index (χ1v) is 15.5. The number of rotatable bonds is 2. The van der Waals surface area contributed by atoms with Crippen molar-refractivity contribution in [3.8, 4) is 44.5 Å². The molecule has 0 N–H and O–H groups in total. The molecular formula is C44H28. The Morgan fingerprint density at radius 1 is 0.295 bits per heavy atom. The van der Waals surface area contributed by atoms with Crippen LogP contribution in [0.4, 0.5) is 0 Å². The zero-order chi connectivity index (χ0) is 29.1. The molecule has 0 saturated carbocycles. The third-order valence-electron chi connectivity index (χ3n) is 10.1. The fraction of sp³-hybridized carbons (Fsp3) is 0.0455. The van der Waals surface area contributed by atoms with Crippen molar-refractivity contribution >= 4 is 53.9 Å². The van der Waals surface area contributed by atoms with Gasteiger partial charge in [-0.1, -0.05) is 145 Å². The van der Waals surface area contributed by atoms with Gasteiger partial charge in [-0.15, -0.1) is 0 Å². The summed E-state index contributed by atoms with van der Waals surface area (Å²) in [5.41, 5.74) is 13.2. The Morgan fingerprint density at radius 3 is 1.20 bits per heavy atom. The highest BCUT2D eigenvalue weighted by molar-refractivity contribution is 6.39. The fourth-order valence-electron chi connectivity index (χ4n) is 8.17. The lowest BCUT2D eigenvalue weighted by molar-refractivity contribution is 1.47. The molecule has 0 heterocycles. The maximum absolute atomic E-state index is 2.41. The van der Waals surface area contributed by atoms with Crippen LogP contribution in [0.1, 0.15) is 11.1 Å². The second kappa shape index (κ2) is 8.56. The summed E-state index contributed by atoms with van der Waals surface area (Å²) in [5.74, 6) is 0. The topological polar surface area (TPSA) is 0 Å². The van der Waals surface area contributed by atoms with Crippen molar-refractivity contribution in [1.82, 2.24) is 0 Å². The molecule has 0 radical (unpaired) electrons. The average molecular weight is 557 g/mol. The van der Waals surface area contributed by atoms with Crippen LogP contribution >= 0.6 is 0 Å².